The first kappa shape index (κ1) is 14.5. The van der Waals surface area contributed by atoms with Crippen LogP contribution < -0.4 is 5.32 Å². The van der Waals surface area contributed by atoms with E-state index >= 15 is 0 Å². The number of hydrogen-bond donors (Lipinski definition) is 1. The van der Waals surface area contributed by atoms with Gasteiger partial charge in [0, 0.05) is 32.1 Å². The molecule has 3 heteroatoms. The Bertz CT molecular complexity index is 224. The first-order valence-electron chi connectivity index (χ1n) is 7.00. The van der Waals surface area contributed by atoms with Crippen molar-refractivity contribution in [1.29, 1.82) is 0 Å². The molecule has 1 rings (SSSR count). The molecule has 0 aromatic rings. The van der Waals surface area contributed by atoms with E-state index in [1.54, 1.807) is 0 Å². The third-order valence-corrected chi connectivity index (χ3v) is 2.87. The summed E-state index contributed by atoms with van der Waals surface area (Å²) in [6, 6.07) is 0.700. The summed E-state index contributed by atoms with van der Waals surface area (Å²) >= 11 is 0. The zero-order valence-electron chi connectivity index (χ0n) is 11.8. The number of hydrogen-bond acceptors (Lipinski definition) is 2. The lowest BCUT2D eigenvalue weighted by atomic mass is 10.1. The first-order chi connectivity index (χ1) is 7.99. The Morgan fingerprint density at radius 1 is 1.18 bits per heavy atom. The molecule has 1 amide bonds. The molecule has 0 aliphatic heterocycles. The van der Waals surface area contributed by atoms with Crippen molar-refractivity contribution in [3.63, 3.8) is 0 Å². The maximum Gasteiger partial charge on any atom is 0.223 e. The van der Waals surface area contributed by atoms with Gasteiger partial charge in [-0.2, -0.15) is 0 Å². The van der Waals surface area contributed by atoms with Crippen LogP contribution in [0.4, 0.5) is 0 Å². The Morgan fingerprint density at radius 2 is 1.71 bits per heavy atom. The number of carbonyl (C=O) groups is 1. The van der Waals surface area contributed by atoms with Crippen LogP contribution in [0.3, 0.4) is 0 Å². The molecule has 100 valence electrons. The van der Waals surface area contributed by atoms with Crippen LogP contribution in [-0.2, 0) is 4.79 Å². The van der Waals surface area contributed by atoms with E-state index in [-0.39, 0.29) is 0 Å². The maximum atomic E-state index is 12.1. The SMILES string of the molecule is CC(C)CN(CC(C)C)C(=O)CCNC1CC1. The van der Waals surface area contributed by atoms with Crippen molar-refractivity contribution in [2.45, 2.75) is 53.0 Å². The van der Waals surface area contributed by atoms with Gasteiger partial charge >= 0.3 is 0 Å². The molecule has 3 nitrogen and oxygen atoms in total. The van der Waals surface area contributed by atoms with Gasteiger partial charge in [0.15, 0.2) is 0 Å². The highest BCUT2D eigenvalue weighted by Crippen LogP contribution is 2.18. The largest absolute Gasteiger partial charge is 0.342 e. The summed E-state index contributed by atoms with van der Waals surface area (Å²) in [6.45, 7) is 11.3. The number of amides is 1. The first-order valence-corrected chi connectivity index (χ1v) is 7.00. The zero-order chi connectivity index (χ0) is 12.8. The third kappa shape index (κ3) is 6.67. The molecular weight excluding hydrogens is 212 g/mol. The van der Waals surface area contributed by atoms with E-state index in [0.29, 0.717) is 30.2 Å². The molecule has 1 N–H and O–H groups in total. The van der Waals surface area contributed by atoms with Crippen LogP contribution in [0.2, 0.25) is 0 Å². The van der Waals surface area contributed by atoms with Gasteiger partial charge < -0.3 is 10.2 Å². The predicted molar refractivity (Wildman–Crippen MR) is 71.9 cm³/mol. The summed E-state index contributed by atoms with van der Waals surface area (Å²) in [5, 5.41) is 3.40. The van der Waals surface area contributed by atoms with Crippen LogP contribution in [0.5, 0.6) is 0 Å². The Hall–Kier alpha value is -0.570. The predicted octanol–water partition coefficient (Wildman–Crippen LogP) is 2.27. The molecule has 1 aliphatic carbocycles. The lowest BCUT2D eigenvalue weighted by molar-refractivity contribution is -0.132. The lowest BCUT2D eigenvalue weighted by Crippen LogP contribution is -2.38. The Kier molecular flexibility index (Phi) is 5.96. The molecule has 0 unspecified atom stereocenters. The monoisotopic (exact) mass is 240 g/mol. The fourth-order valence-corrected chi connectivity index (χ4v) is 1.99. The summed E-state index contributed by atoms with van der Waals surface area (Å²) in [5.74, 6) is 1.41. The van der Waals surface area contributed by atoms with Gasteiger partial charge in [-0.1, -0.05) is 27.7 Å². The Labute approximate surface area is 106 Å². The highest BCUT2D eigenvalue weighted by atomic mass is 16.2. The number of nitrogens with one attached hydrogen (secondary N) is 1. The summed E-state index contributed by atoms with van der Waals surface area (Å²) in [7, 11) is 0. The van der Waals surface area contributed by atoms with Gasteiger partial charge in [-0.3, -0.25) is 4.79 Å². The minimum Gasteiger partial charge on any atom is -0.342 e. The van der Waals surface area contributed by atoms with E-state index < -0.39 is 0 Å². The molecule has 0 radical (unpaired) electrons. The molecule has 1 fully saturated rings. The Morgan fingerprint density at radius 3 is 2.12 bits per heavy atom. The quantitative estimate of drug-likeness (QED) is 0.706. The third-order valence-electron chi connectivity index (χ3n) is 2.87. The van der Waals surface area contributed by atoms with Gasteiger partial charge in [-0.25, -0.2) is 0 Å². The van der Waals surface area contributed by atoms with Crippen LogP contribution in [0.1, 0.15) is 47.0 Å². The molecule has 0 saturated heterocycles. The molecule has 0 heterocycles. The normalized spacial score (nSPS) is 15.6. The highest BCUT2D eigenvalue weighted by Gasteiger charge is 2.21. The average Bonchev–Trinajstić information content (AvgIpc) is 2.99. The molecule has 17 heavy (non-hydrogen) atoms. The van der Waals surface area contributed by atoms with Gasteiger partial charge in [0.2, 0.25) is 5.91 Å². The van der Waals surface area contributed by atoms with Crippen molar-refractivity contribution in [3.05, 3.63) is 0 Å². The van der Waals surface area contributed by atoms with Crippen LogP contribution in [-0.4, -0.2) is 36.5 Å². The minimum atomic E-state index is 0.306. The topological polar surface area (TPSA) is 32.3 Å². The maximum absolute atomic E-state index is 12.1. The van der Waals surface area contributed by atoms with E-state index in [4.69, 9.17) is 0 Å². The van der Waals surface area contributed by atoms with Crippen molar-refractivity contribution < 1.29 is 4.79 Å². The van der Waals surface area contributed by atoms with Gasteiger partial charge in [0.05, 0.1) is 0 Å². The average molecular weight is 240 g/mol. The molecular formula is C14H28N2O. The molecule has 0 aromatic heterocycles. The summed E-state index contributed by atoms with van der Waals surface area (Å²) in [5.41, 5.74) is 0. The second-order valence-corrected chi connectivity index (χ2v) is 6.06. The molecule has 1 saturated carbocycles. The molecule has 0 bridgehead atoms. The number of nitrogens with zero attached hydrogens (tertiary/aromatic N) is 1. The van der Waals surface area contributed by atoms with Crippen LogP contribution in [0.25, 0.3) is 0 Å². The second kappa shape index (κ2) is 7.00. The van der Waals surface area contributed by atoms with Crippen molar-refractivity contribution in [1.82, 2.24) is 10.2 Å². The smallest absolute Gasteiger partial charge is 0.223 e. The van der Waals surface area contributed by atoms with Gasteiger partial charge in [0.1, 0.15) is 0 Å². The second-order valence-electron chi connectivity index (χ2n) is 6.06. The number of rotatable bonds is 8. The molecule has 0 aromatic carbocycles. The molecule has 1 aliphatic rings. The summed E-state index contributed by atoms with van der Waals surface area (Å²) < 4.78 is 0. The Balaban J connectivity index is 2.28. The van der Waals surface area contributed by atoms with Crippen molar-refractivity contribution in [3.8, 4) is 0 Å². The highest BCUT2D eigenvalue weighted by molar-refractivity contribution is 5.76. The summed E-state index contributed by atoms with van der Waals surface area (Å²) in [4.78, 5) is 14.1. The summed E-state index contributed by atoms with van der Waals surface area (Å²) in [6.07, 6.45) is 3.22. The van der Waals surface area contributed by atoms with Crippen molar-refractivity contribution in [2.75, 3.05) is 19.6 Å². The van der Waals surface area contributed by atoms with Gasteiger partial charge in [-0.15, -0.1) is 0 Å². The van der Waals surface area contributed by atoms with Crippen molar-refractivity contribution >= 4 is 5.91 Å². The van der Waals surface area contributed by atoms with E-state index in [1.807, 2.05) is 4.90 Å². The fourth-order valence-electron chi connectivity index (χ4n) is 1.99. The standard InChI is InChI=1S/C14H28N2O/c1-11(2)9-16(10-12(3)4)14(17)7-8-15-13-5-6-13/h11-13,15H,5-10H2,1-4H3. The van der Waals surface area contributed by atoms with Crippen molar-refractivity contribution in [2.24, 2.45) is 11.8 Å². The van der Waals surface area contributed by atoms with E-state index in [9.17, 15) is 4.79 Å². The minimum absolute atomic E-state index is 0.306. The molecule has 0 atom stereocenters. The zero-order valence-corrected chi connectivity index (χ0v) is 11.8. The van der Waals surface area contributed by atoms with E-state index in [1.165, 1.54) is 12.8 Å². The number of carbonyl (C=O) groups excluding carboxylic acids is 1. The lowest BCUT2D eigenvalue weighted by Gasteiger charge is -2.26. The van der Waals surface area contributed by atoms with Gasteiger partial charge in [-0.05, 0) is 24.7 Å². The fraction of sp³-hybridized carbons (Fsp3) is 0.929. The van der Waals surface area contributed by atoms with Crippen LogP contribution in [0, 0.1) is 11.8 Å². The molecule has 0 spiro atoms. The van der Waals surface area contributed by atoms with Crippen LogP contribution >= 0.6 is 0 Å². The van der Waals surface area contributed by atoms with E-state index in [0.717, 1.165) is 19.6 Å². The van der Waals surface area contributed by atoms with Gasteiger partial charge in [0.25, 0.3) is 0 Å². The van der Waals surface area contributed by atoms with Crippen LogP contribution in [0.15, 0.2) is 0 Å². The van der Waals surface area contributed by atoms with E-state index in [2.05, 4.69) is 33.0 Å².